The Kier molecular flexibility index (Phi) is 3.98. The topological polar surface area (TPSA) is 45.2 Å². The fourth-order valence-electron chi connectivity index (χ4n) is 2.56. The van der Waals surface area contributed by atoms with Crippen LogP contribution in [0.25, 0.3) is 0 Å². The number of aryl methyl sites for hydroxylation is 1. The maximum atomic E-state index is 13.4. The van der Waals surface area contributed by atoms with Crippen molar-refractivity contribution in [3.63, 3.8) is 0 Å². The zero-order valence-corrected chi connectivity index (χ0v) is 12.5. The van der Waals surface area contributed by atoms with Crippen molar-refractivity contribution >= 4 is 17.2 Å². The lowest BCUT2D eigenvalue weighted by Gasteiger charge is -2.36. The Morgan fingerprint density at radius 1 is 1.52 bits per heavy atom. The average Bonchev–Trinajstić information content (AvgIpc) is 2.93. The lowest BCUT2D eigenvalue weighted by atomic mass is 10.0. The summed E-state index contributed by atoms with van der Waals surface area (Å²) in [6.45, 7) is 3.86. The van der Waals surface area contributed by atoms with Gasteiger partial charge in [-0.05, 0) is 24.6 Å². The highest BCUT2D eigenvalue weighted by Crippen LogP contribution is 2.26. The van der Waals surface area contributed by atoms with Crippen molar-refractivity contribution in [2.24, 2.45) is 0 Å². The number of rotatable bonds is 2. The zero-order valence-electron chi connectivity index (χ0n) is 11.7. The van der Waals surface area contributed by atoms with Crippen molar-refractivity contribution in [2.45, 2.75) is 13.0 Å². The number of carbonyl (C=O) groups excluding carboxylic acids is 1. The van der Waals surface area contributed by atoms with E-state index in [0.29, 0.717) is 18.0 Å². The fourth-order valence-corrected chi connectivity index (χ4v) is 3.29. The number of benzene rings is 1. The molecule has 0 bridgehead atoms. The number of nitrogens with zero attached hydrogens (tertiary/aromatic N) is 2. The molecule has 3 rings (SSSR count). The number of piperazine rings is 1. The quantitative estimate of drug-likeness (QED) is 0.926. The Balaban J connectivity index is 1.89. The van der Waals surface area contributed by atoms with Gasteiger partial charge in [0.25, 0.3) is 5.91 Å². The van der Waals surface area contributed by atoms with Crippen LogP contribution in [0.3, 0.4) is 0 Å². The zero-order chi connectivity index (χ0) is 14.8. The highest BCUT2D eigenvalue weighted by Gasteiger charge is 2.29. The first kappa shape index (κ1) is 14.2. The molecule has 1 aliphatic heterocycles. The minimum Gasteiger partial charge on any atom is -0.328 e. The molecule has 0 saturated carbocycles. The number of hydrogen-bond acceptors (Lipinski definition) is 4. The van der Waals surface area contributed by atoms with Gasteiger partial charge in [-0.3, -0.25) is 4.79 Å². The number of thiazole rings is 1. The summed E-state index contributed by atoms with van der Waals surface area (Å²) >= 11 is 1.39. The van der Waals surface area contributed by atoms with Gasteiger partial charge in [-0.15, -0.1) is 11.3 Å². The van der Waals surface area contributed by atoms with Crippen LogP contribution in [0.1, 0.15) is 26.3 Å². The number of halogens is 1. The molecular formula is C15H16FN3OS. The molecule has 1 amide bonds. The minimum absolute atomic E-state index is 0.0311. The summed E-state index contributed by atoms with van der Waals surface area (Å²) in [7, 11) is 0. The van der Waals surface area contributed by atoms with Crippen LogP contribution in [-0.2, 0) is 0 Å². The molecule has 1 atom stereocenters. The third-order valence-corrected chi connectivity index (χ3v) is 4.47. The first-order valence-corrected chi connectivity index (χ1v) is 7.66. The second-order valence-electron chi connectivity index (χ2n) is 5.02. The van der Waals surface area contributed by atoms with Crippen molar-refractivity contribution in [3.8, 4) is 0 Å². The van der Waals surface area contributed by atoms with Gasteiger partial charge in [0.15, 0.2) is 0 Å². The van der Waals surface area contributed by atoms with Gasteiger partial charge in [0.05, 0.1) is 17.2 Å². The summed E-state index contributed by atoms with van der Waals surface area (Å²) in [6.07, 6.45) is 1.62. The second kappa shape index (κ2) is 5.91. The van der Waals surface area contributed by atoms with Crippen molar-refractivity contribution in [1.29, 1.82) is 0 Å². The average molecular weight is 305 g/mol. The Hall–Kier alpha value is -1.79. The summed E-state index contributed by atoms with van der Waals surface area (Å²) in [4.78, 5) is 19.2. The highest BCUT2D eigenvalue weighted by molar-refractivity contribution is 7.13. The summed E-state index contributed by atoms with van der Waals surface area (Å²) < 4.78 is 13.4. The third kappa shape index (κ3) is 2.96. The largest absolute Gasteiger partial charge is 0.328 e. The van der Waals surface area contributed by atoms with Crippen molar-refractivity contribution in [1.82, 2.24) is 15.2 Å². The van der Waals surface area contributed by atoms with Gasteiger partial charge in [-0.2, -0.15) is 0 Å². The van der Waals surface area contributed by atoms with Crippen molar-refractivity contribution in [2.75, 3.05) is 19.6 Å². The summed E-state index contributed by atoms with van der Waals surface area (Å²) in [5, 5.41) is 4.14. The van der Waals surface area contributed by atoms with Crippen molar-refractivity contribution < 1.29 is 9.18 Å². The SMILES string of the molecule is Cc1ncc(C(=O)N2CCNCC2c2cccc(F)c2)s1. The molecule has 1 unspecified atom stereocenters. The van der Waals surface area contributed by atoms with E-state index in [1.165, 1.54) is 23.5 Å². The van der Waals surface area contributed by atoms with E-state index >= 15 is 0 Å². The molecule has 6 heteroatoms. The summed E-state index contributed by atoms with van der Waals surface area (Å²) in [5.74, 6) is -0.310. The van der Waals surface area contributed by atoms with E-state index in [2.05, 4.69) is 10.3 Å². The van der Waals surface area contributed by atoms with E-state index in [0.717, 1.165) is 17.1 Å². The van der Waals surface area contributed by atoms with Crippen LogP contribution in [0.4, 0.5) is 4.39 Å². The molecule has 1 fully saturated rings. The molecule has 1 N–H and O–H groups in total. The van der Waals surface area contributed by atoms with E-state index in [1.54, 1.807) is 17.2 Å². The molecule has 0 aliphatic carbocycles. The van der Waals surface area contributed by atoms with Gasteiger partial charge >= 0.3 is 0 Å². The monoisotopic (exact) mass is 305 g/mol. The Morgan fingerprint density at radius 2 is 2.38 bits per heavy atom. The normalized spacial score (nSPS) is 18.8. The van der Waals surface area contributed by atoms with E-state index < -0.39 is 0 Å². The van der Waals surface area contributed by atoms with E-state index in [9.17, 15) is 9.18 Å². The lowest BCUT2D eigenvalue weighted by Crippen LogP contribution is -2.48. The van der Waals surface area contributed by atoms with Gasteiger partial charge in [0.2, 0.25) is 0 Å². The molecule has 1 aromatic heterocycles. The highest BCUT2D eigenvalue weighted by atomic mass is 32.1. The van der Waals surface area contributed by atoms with Gasteiger partial charge < -0.3 is 10.2 Å². The predicted molar refractivity (Wildman–Crippen MR) is 79.9 cm³/mol. The molecule has 1 aromatic carbocycles. The van der Waals surface area contributed by atoms with E-state index in [-0.39, 0.29) is 17.8 Å². The van der Waals surface area contributed by atoms with Crippen LogP contribution in [0.5, 0.6) is 0 Å². The molecular weight excluding hydrogens is 289 g/mol. The van der Waals surface area contributed by atoms with Crippen LogP contribution < -0.4 is 5.32 Å². The second-order valence-corrected chi connectivity index (χ2v) is 6.25. The summed E-state index contributed by atoms with van der Waals surface area (Å²) in [6, 6.07) is 6.30. The molecule has 1 saturated heterocycles. The predicted octanol–water partition coefficient (Wildman–Crippen LogP) is 2.38. The van der Waals surface area contributed by atoms with E-state index in [1.807, 2.05) is 13.0 Å². The Labute approximate surface area is 126 Å². The van der Waals surface area contributed by atoms with Crippen LogP contribution in [-0.4, -0.2) is 35.4 Å². The molecule has 1 aliphatic rings. The Morgan fingerprint density at radius 3 is 3.10 bits per heavy atom. The maximum absolute atomic E-state index is 13.4. The smallest absolute Gasteiger partial charge is 0.266 e. The van der Waals surface area contributed by atoms with Crippen LogP contribution in [0, 0.1) is 12.7 Å². The van der Waals surface area contributed by atoms with Crippen LogP contribution in [0.2, 0.25) is 0 Å². The molecule has 2 aromatic rings. The van der Waals surface area contributed by atoms with Crippen LogP contribution in [0.15, 0.2) is 30.5 Å². The van der Waals surface area contributed by atoms with Gasteiger partial charge in [-0.1, -0.05) is 12.1 Å². The number of carbonyl (C=O) groups is 1. The van der Waals surface area contributed by atoms with Gasteiger partial charge in [-0.25, -0.2) is 9.37 Å². The lowest BCUT2D eigenvalue weighted by molar-refractivity contribution is 0.0638. The molecule has 2 heterocycles. The van der Waals surface area contributed by atoms with Gasteiger partial charge in [0, 0.05) is 19.6 Å². The number of amides is 1. The first-order chi connectivity index (χ1) is 10.1. The maximum Gasteiger partial charge on any atom is 0.266 e. The number of hydrogen-bond donors (Lipinski definition) is 1. The summed E-state index contributed by atoms with van der Waals surface area (Å²) in [5.41, 5.74) is 0.816. The van der Waals surface area contributed by atoms with Gasteiger partial charge in [0.1, 0.15) is 10.7 Å². The number of aromatic nitrogens is 1. The number of nitrogens with one attached hydrogen (secondary N) is 1. The standard InChI is InChI=1S/C15H16FN3OS/c1-10-18-9-14(21-10)15(20)19-6-5-17-8-13(19)11-3-2-4-12(16)7-11/h2-4,7,9,13,17H,5-6,8H2,1H3. The fraction of sp³-hybridized carbons (Fsp3) is 0.333. The molecule has 0 spiro atoms. The molecule has 21 heavy (non-hydrogen) atoms. The Bertz CT molecular complexity index is 658. The molecule has 4 nitrogen and oxygen atoms in total. The molecule has 0 radical (unpaired) electrons. The third-order valence-electron chi connectivity index (χ3n) is 3.57. The van der Waals surface area contributed by atoms with Crippen molar-refractivity contribution in [3.05, 3.63) is 51.7 Å². The molecule has 110 valence electrons. The van der Waals surface area contributed by atoms with E-state index in [4.69, 9.17) is 0 Å². The minimum atomic E-state index is -0.279. The van der Waals surface area contributed by atoms with Crippen LogP contribution >= 0.6 is 11.3 Å². The first-order valence-electron chi connectivity index (χ1n) is 6.85.